The monoisotopic (exact) mass is 289 g/mol. The summed E-state index contributed by atoms with van der Waals surface area (Å²) in [6, 6.07) is 10.0. The Hall–Kier alpha value is -1.58. The van der Waals surface area contributed by atoms with Crippen molar-refractivity contribution in [2.45, 2.75) is 32.0 Å². The molecule has 1 aromatic heterocycles. The number of benzene rings is 1. The third kappa shape index (κ3) is 2.65. The van der Waals surface area contributed by atoms with E-state index in [2.05, 4.69) is 23.2 Å². The van der Waals surface area contributed by atoms with E-state index in [1.54, 1.807) is 12.3 Å². The summed E-state index contributed by atoms with van der Waals surface area (Å²) >= 11 is 6.16. The number of aliphatic hydroxyl groups excluding tert-OH is 1. The summed E-state index contributed by atoms with van der Waals surface area (Å²) in [4.78, 5) is 4.20. The molecule has 0 aliphatic heterocycles. The summed E-state index contributed by atoms with van der Waals surface area (Å²) in [6.07, 6.45) is 4.77. The minimum atomic E-state index is -0.0702. The molecule has 0 fully saturated rings. The topological polar surface area (TPSA) is 42.4 Å². The van der Waals surface area contributed by atoms with Crippen LogP contribution in [-0.2, 0) is 13.0 Å². The summed E-state index contributed by atoms with van der Waals surface area (Å²) in [5.41, 5.74) is 3.25. The van der Waals surface area contributed by atoms with E-state index in [1.807, 2.05) is 6.07 Å². The number of pyridine rings is 1. The van der Waals surface area contributed by atoms with E-state index in [4.69, 9.17) is 21.4 Å². The van der Waals surface area contributed by atoms with Crippen molar-refractivity contribution in [1.29, 1.82) is 0 Å². The van der Waals surface area contributed by atoms with E-state index < -0.39 is 0 Å². The molecule has 0 amide bonds. The van der Waals surface area contributed by atoms with Gasteiger partial charge in [0.25, 0.3) is 0 Å². The zero-order valence-corrected chi connectivity index (χ0v) is 11.8. The van der Waals surface area contributed by atoms with Gasteiger partial charge in [0.15, 0.2) is 0 Å². The second-order valence-corrected chi connectivity index (χ2v) is 5.39. The van der Waals surface area contributed by atoms with Crippen LogP contribution in [0.1, 0.15) is 35.6 Å². The first-order valence-corrected chi connectivity index (χ1v) is 7.15. The van der Waals surface area contributed by atoms with E-state index in [-0.39, 0.29) is 12.7 Å². The molecular weight excluding hydrogens is 274 g/mol. The van der Waals surface area contributed by atoms with Crippen LogP contribution in [0, 0.1) is 0 Å². The highest BCUT2D eigenvalue weighted by molar-refractivity contribution is 6.31. The Labute approximate surface area is 123 Å². The van der Waals surface area contributed by atoms with E-state index in [1.165, 1.54) is 11.1 Å². The molecule has 3 rings (SSSR count). The van der Waals surface area contributed by atoms with Gasteiger partial charge in [-0.25, -0.2) is 4.98 Å². The fourth-order valence-electron chi connectivity index (χ4n) is 2.60. The number of ether oxygens (including phenoxy) is 1. The van der Waals surface area contributed by atoms with Crippen LogP contribution >= 0.6 is 11.6 Å². The van der Waals surface area contributed by atoms with Gasteiger partial charge in [0.2, 0.25) is 5.88 Å². The number of hydrogen-bond acceptors (Lipinski definition) is 3. The van der Waals surface area contributed by atoms with Crippen LogP contribution in [0.15, 0.2) is 36.5 Å². The van der Waals surface area contributed by atoms with Crippen molar-refractivity contribution in [3.05, 3.63) is 58.2 Å². The van der Waals surface area contributed by atoms with Gasteiger partial charge in [0.1, 0.15) is 11.1 Å². The van der Waals surface area contributed by atoms with Gasteiger partial charge in [-0.2, -0.15) is 0 Å². The van der Waals surface area contributed by atoms with Crippen molar-refractivity contribution in [2.24, 2.45) is 0 Å². The van der Waals surface area contributed by atoms with Crippen LogP contribution in [-0.4, -0.2) is 10.1 Å². The third-order valence-corrected chi connectivity index (χ3v) is 3.89. The second kappa shape index (κ2) is 5.81. The number of aliphatic hydroxyl groups is 1. The number of aromatic nitrogens is 1. The van der Waals surface area contributed by atoms with Crippen molar-refractivity contribution < 1.29 is 9.84 Å². The Morgan fingerprint density at radius 3 is 3.00 bits per heavy atom. The van der Waals surface area contributed by atoms with Crippen molar-refractivity contribution in [2.75, 3.05) is 0 Å². The van der Waals surface area contributed by atoms with Crippen LogP contribution in [0.4, 0.5) is 0 Å². The molecule has 104 valence electrons. The first-order chi connectivity index (χ1) is 9.78. The maximum atomic E-state index is 9.07. The first kappa shape index (κ1) is 13.4. The minimum absolute atomic E-state index is 0.00456. The molecule has 1 N–H and O–H groups in total. The molecule has 20 heavy (non-hydrogen) atoms. The maximum absolute atomic E-state index is 9.07. The molecule has 1 aromatic carbocycles. The van der Waals surface area contributed by atoms with Crippen LogP contribution in [0.3, 0.4) is 0 Å². The molecule has 0 saturated heterocycles. The largest absolute Gasteiger partial charge is 0.468 e. The lowest BCUT2D eigenvalue weighted by atomic mass is 9.89. The van der Waals surface area contributed by atoms with Crippen molar-refractivity contribution >= 4 is 11.6 Å². The SMILES string of the molecule is OCc1cnc(OC2CCCc3ccccc32)c(Cl)c1. The van der Waals surface area contributed by atoms with Crippen LogP contribution < -0.4 is 4.74 Å². The van der Waals surface area contributed by atoms with E-state index >= 15 is 0 Å². The zero-order chi connectivity index (χ0) is 13.9. The Bertz CT molecular complexity index is 615. The predicted octanol–water partition coefficient (Wildman–Crippen LogP) is 3.68. The average molecular weight is 290 g/mol. The molecule has 1 aliphatic carbocycles. The smallest absolute Gasteiger partial charge is 0.233 e. The Morgan fingerprint density at radius 1 is 1.35 bits per heavy atom. The fraction of sp³-hybridized carbons (Fsp3) is 0.312. The summed E-state index contributed by atoms with van der Waals surface area (Å²) in [5, 5.41) is 9.51. The van der Waals surface area contributed by atoms with Gasteiger partial charge in [-0.15, -0.1) is 0 Å². The molecule has 0 spiro atoms. The molecule has 1 unspecified atom stereocenters. The van der Waals surface area contributed by atoms with Crippen molar-refractivity contribution in [1.82, 2.24) is 4.98 Å². The van der Waals surface area contributed by atoms with Crippen LogP contribution in [0.2, 0.25) is 5.02 Å². The number of rotatable bonds is 3. The molecule has 0 bridgehead atoms. The van der Waals surface area contributed by atoms with E-state index in [0.29, 0.717) is 16.5 Å². The van der Waals surface area contributed by atoms with Crippen molar-refractivity contribution in [3.8, 4) is 5.88 Å². The highest BCUT2D eigenvalue weighted by atomic mass is 35.5. The number of fused-ring (bicyclic) bond motifs is 1. The molecule has 0 saturated carbocycles. The first-order valence-electron chi connectivity index (χ1n) is 6.77. The molecule has 0 radical (unpaired) electrons. The van der Waals surface area contributed by atoms with Gasteiger partial charge in [-0.1, -0.05) is 35.9 Å². The van der Waals surface area contributed by atoms with Crippen molar-refractivity contribution in [3.63, 3.8) is 0 Å². The molecule has 4 heteroatoms. The molecule has 1 aliphatic rings. The average Bonchev–Trinajstić information content (AvgIpc) is 2.49. The highest BCUT2D eigenvalue weighted by Gasteiger charge is 2.22. The van der Waals surface area contributed by atoms with Gasteiger partial charge in [-0.3, -0.25) is 0 Å². The van der Waals surface area contributed by atoms with Gasteiger partial charge in [-0.05, 0) is 42.0 Å². The zero-order valence-electron chi connectivity index (χ0n) is 11.1. The van der Waals surface area contributed by atoms with Gasteiger partial charge < -0.3 is 9.84 Å². The lowest BCUT2D eigenvalue weighted by molar-refractivity contribution is 0.175. The van der Waals surface area contributed by atoms with Crippen LogP contribution in [0.5, 0.6) is 5.88 Å². The molecular formula is C16H16ClNO2. The molecule has 1 atom stereocenters. The summed E-state index contributed by atoms with van der Waals surface area (Å²) in [5.74, 6) is 0.436. The standard InChI is InChI=1S/C16H16ClNO2/c17-14-8-11(10-19)9-18-16(14)20-15-7-3-5-12-4-1-2-6-13(12)15/h1-2,4,6,8-9,15,19H,3,5,7,10H2. The third-order valence-electron chi connectivity index (χ3n) is 3.61. The number of aryl methyl sites for hydroxylation is 1. The molecule has 2 aromatic rings. The van der Waals surface area contributed by atoms with Gasteiger partial charge in [0.05, 0.1) is 6.61 Å². The predicted molar refractivity (Wildman–Crippen MR) is 77.9 cm³/mol. The quantitative estimate of drug-likeness (QED) is 0.937. The molecule has 1 heterocycles. The van der Waals surface area contributed by atoms with Gasteiger partial charge in [0, 0.05) is 6.20 Å². The van der Waals surface area contributed by atoms with E-state index in [9.17, 15) is 0 Å². The summed E-state index contributed by atoms with van der Waals surface area (Å²) < 4.78 is 5.99. The highest BCUT2D eigenvalue weighted by Crippen LogP contribution is 2.35. The Balaban J connectivity index is 1.85. The summed E-state index contributed by atoms with van der Waals surface area (Å²) in [6.45, 7) is -0.0702. The number of hydrogen-bond donors (Lipinski definition) is 1. The number of nitrogens with zero attached hydrogens (tertiary/aromatic N) is 1. The summed E-state index contributed by atoms with van der Waals surface area (Å²) in [7, 11) is 0. The minimum Gasteiger partial charge on any atom is -0.468 e. The molecule has 3 nitrogen and oxygen atoms in total. The lowest BCUT2D eigenvalue weighted by Crippen LogP contribution is -2.15. The second-order valence-electron chi connectivity index (χ2n) is 4.99. The Kier molecular flexibility index (Phi) is 3.90. The number of halogens is 1. The van der Waals surface area contributed by atoms with Gasteiger partial charge >= 0.3 is 0 Å². The fourth-order valence-corrected chi connectivity index (χ4v) is 2.84. The Morgan fingerprint density at radius 2 is 2.20 bits per heavy atom. The lowest BCUT2D eigenvalue weighted by Gasteiger charge is -2.26. The van der Waals surface area contributed by atoms with E-state index in [0.717, 1.165) is 19.3 Å². The van der Waals surface area contributed by atoms with Crippen LogP contribution in [0.25, 0.3) is 0 Å². The normalized spacial score (nSPS) is 17.6. The maximum Gasteiger partial charge on any atom is 0.233 e.